The van der Waals surface area contributed by atoms with Crippen molar-refractivity contribution in [1.29, 1.82) is 0 Å². The van der Waals surface area contributed by atoms with Crippen molar-refractivity contribution >= 4 is 21.7 Å². The van der Waals surface area contributed by atoms with Crippen molar-refractivity contribution in [3.05, 3.63) is 22.1 Å². The van der Waals surface area contributed by atoms with Crippen LogP contribution < -0.4 is 5.73 Å². The number of aryl methyl sites for hydroxylation is 1. The van der Waals surface area contributed by atoms with E-state index in [1.54, 1.807) is 10.9 Å². The van der Waals surface area contributed by atoms with Gasteiger partial charge in [0.25, 0.3) is 0 Å². The molecule has 2 aromatic rings. The Morgan fingerprint density at radius 3 is 2.50 bits per heavy atom. The second-order valence-corrected chi connectivity index (χ2v) is 5.35. The van der Waals surface area contributed by atoms with Crippen LogP contribution in [0, 0.1) is 6.92 Å². The number of nitrogen functional groups attached to an aromatic ring is 1. The third-order valence-electron chi connectivity index (χ3n) is 2.93. The molecule has 0 aromatic carbocycles. The third kappa shape index (κ3) is 2.12. The van der Waals surface area contributed by atoms with E-state index < -0.39 is 0 Å². The first-order chi connectivity index (χ1) is 8.41. The third-order valence-corrected chi connectivity index (χ3v) is 3.74. The zero-order valence-electron chi connectivity index (χ0n) is 10.9. The van der Waals surface area contributed by atoms with E-state index in [2.05, 4.69) is 44.8 Å². The Hall–Kier alpha value is -1.43. The highest BCUT2D eigenvalue weighted by atomic mass is 79.9. The maximum Gasteiger partial charge on any atom is 0.165 e. The molecule has 2 heterocycles. The van der Waals surface area contributed by atoms with E-state index in [4.69, 9.17) is 5.73 Å². The minimum atomic E-state index is 0.278. The zero-order chi connectivity index (χ0) is 13.4. The van der Waals surface area contributed by atoms with Crippen molar-refractivity contribution in [2.45, 2.75) is 26.7 Å². The minimum absolute atomic E-state index is 0.278. The van der Waals surface area contributed by atoms with Crippen LogP contribution in [0.1, 0.15) is 31.2 Å². The Kier molecular flexibility index (Phi) is 3.38. The fourth-order valence-corrected chi connectivity index (χ4v) is 2.34. The molecule has 2 N–H and O–H groups in total. The van der Waals surface area contributed by atoms with Crippen LogP contribution in [-0.2, 0) is 7.05 Å². The molecule has 0 unspecified atom stereocenters. The predicted molar refractivity (Wildman–Crippen MR) is 75.2 cm³/mol. The van der Waals surface area contributed by atoms with Gasteiger partial charge in [0.05, 0.1) is 21.9 Å². The van der Waals surface area contributed by atoms with Crippen molar-refractivity contribution in [2.24, 2.45) is 7.05 Å². The lowest BCUT2D eigenvalue weighted by Gasteiger charge is -2.11. The molecule has 0 saturated carbocycles. The lowest BCUT2D eigenvalue weighted by Crippen LogP contribution is -2.04. The molecule has 0 aliphatic carbocycles. The molecule has 0 aliphatic heterocycles. The summed E-state index contributed by atoms with van der Waals surface area (Å²) < 4.78 is 2.58. The summed E-state index contributed by atoms with van der Waals surface area (Å²) in [5.74, 6) is 1.37. The molecule has 18 heavy (non-hydrogen) atoms. The molecule has 2 aromatic heterocycles. The second kappa shape index (κ2) is 4.68. The van der Waals surface area contributed by atoms with Crippen LogP contribution in [0.15, 0.2) is 10.7 Å². The molecule has 5 nitrogen and oxygen atoms in total. The SMILES string of the molecule is Cc1c(-c2nc(N)c(Br)c(C(C)C)n2)cnn1C. The first-order valence-electron chi connectivity index (χ1n) is 5.73. The molecule has 0 spiro atoms. The maximum atomic E-state index is 5.93. The Morgan fingerprint density at radius 2 is 2.00 bits per heavy atom. The molecule has 0 saturated heterocycles. The van der Waals surface area contributed by atoms with Crippen LogP contribution in [0.5, 0.6) is 0 Å². The number of hydrogen-bond donors (Lipinski definition) is 1. The standard InChI is InChI=1S/C12H16BrN5/c1-6(2)10-9(13)11(14)17-12(16-10)8-5-15-18(4)7(8)3/h5-6H,1-4H3,(H2,14,16,17). The Labute approximate surface area is 115 Å². The van der Waals surface area contributed by atoms with Crippen molar-refractivity contribution < 1.29 is 0 Å². The van der Waals surface area contributed by atoms with Gasteiger partial charge in [-0.25, -0.2) is 9.97 Å². The summed E-state index contributed by atoms with van der Waals surface area (Å²) in [7, 11) is 1.89. The smallest absolute Gasteiger partial charge is 0.165 e. The number of halogens is 1. The topological polar surface area (TPSA) is 69.6 Å². The zero-order valence-corrected chi connectivity index (χ0v) is 12.5. The molecule has 0 bridgehead atoms. The molecule has 6 heteroatoms. The molecular formula is C12H16BrN5. The van der Waals surface area contributed by atoms with Gasteiger partial charge in [0, 0.05) is 12.7 Å². The van der Waals surface area contributed by atoms with E-state index in [1.165, 1.54) is 0 Å². The summed E-state index contributed by atoms with van der Waals surface area (Å²) in [5, 5.41) is 4.20. The van der Waals surface area contributed by atoms with Gasteiger partial charge < -0.3 is 5.73 Å². The number of hydrogen-bond acceptors (Lipinski definition) is 4. The Bertz CT molecular complexity index is 588. The monoisotopic (exact) mass is 309 g/mol. The summed E-state index contributed by atoms with van der Waals surface area (Å²) in [6, 6.07) is 0. The van der Waals surface area contributed by atoms with E-state index >= 15 is 0 Å². The van der Waals surface area contributed by atoms with E-state index in [0.717, 1.165) is 21.4 Å². The highest BCUT2D eigenvalue weighted by Gasteiger charge is 2.16. The Morgan fingerprint density at radius 1 is 1.33 bits per heavy atom. The molecule has 96 valence electrons. The van der Waals surface area contributed by atoms with Gasteiger partial charge in [-0.15, -0.1) is 0 Å². The normalized spacial score (nSPS) is 11.2. The fraction of sp³-hybridized carbons (Fsp3) is 0.417. The first-order valence-corrected chi connectivity index (χ1v) is 6.53. The number of anilines is 1. The van der Waals surface area contributed by atoms with Gasteiger partial charge in [0.2, 0.25) is 0 Å². The highest BCUT2D eigenvalue weighted by Crippen LogP contribution is 2.30. The maximum absolute atomic E-state index is 5.93. The summed E-state index contributed by atoms with van der Waals surface area (Å²) in [6.45, 7) is 6.14. The van der Waals surface area contributed by atoms with Crippen LogP contribution in [-0.4, -0.2) is 19.7 Å². The molecule has 0 amide bonds. The van der Waals surface area contributed by atoms with E-state index in [9.17, 15) is 0 Å². The number of nitrogens with zero attached hydrogens (tertiary/aromatic N) is 4. The van der Waals surface area contributed by atoms with Crippen LogP contribution in [0.2, 0.25) is 0 Å². The van der Waals surface area contributed by atoms with Gasteiger partial charge in [0.15, 0.2) is 5.82 Å². The first kappa shape index (κ1) is 13.0. The Balaban J connectivity index is 2.63. The molecular weight excluding hydrogens is 294 g/mol. The molecule has 0 radical (unpaired) electrons. The molecule has 0 atom stereocenters. The van der Waals surface area contributed by atoms with Crippen LogP contribution >= 0.6 is 15.9 Å². The fourth-order valence-electron chi connectivity index (χ4n) is 1.70. The van der Waals surface area contributed by atoms with Gasteiger partial charge in [-0.05, 0) is 28.8 Å². The van der Waals surface area contributed by atoms with Crippen molar-refractivity contribution in [2.75, 3.05) is 5.73 Å². The average molecular weight is 310 g/mol. The summed E-state index contributed by atoms with van der Waals surface area (Å²) in [4.78, 5) is 8.91. The molecule has 0 fully saturated rings. The van der Waals surface area contributed by atoms with Crippen LogP contribution in [0.4, 0.5) is 5.82 Å². The largest absolute Gasteiger partial charge is 0.383 e. The van der Waals surface area contributed by atoms with Crippen molar-refractivity contribution in [3.8, 4) is 11.4 Å². The average Bonchev–Trinajstić information content (AvgIpc) is 2.63. The van der Waals surface area contributed by atoms with Crippen molar-refractivity contribution in [1.82, 2.24) is 19.7 Å². The van der Waals surface area contributed by atoms with E-state index in [1.807, 2.05) is 14.0 Å². The second-order valence-electron chi connectivity index (χ2n) is 4.55. The summed E-state index contributed by atoms with van der Waals surface area (Å²) in [5.41, 5.74) is 8.78. The van der Waals surface area contributed by atoms with Gasteiger partial charge in [0.1, 0.15) is 5.82 Å². The lowest BCUT2D eigenvalue weighted by atomic mass is 10.1. The summed E-state index contributed by atoms with van der Waals surface area (Å²) >= 11 is 3.44. The van der Waals surface area contributed by atoms with Crippen LogP contribution in [0.25, 0.3) is 11.4 Å². The summed E-state index contributed by atoms with van der Waals surface area (Å²) in [6.07, 6.45) is 1.77. The predicted octanol–water partition coefficient (Wildman–Crippen LogP) is 2.65. The highest BCUT2D eigenvalue weighted by molar-refractivity contribution is 9.10. The van der Waals surface area contributed by atoms with Crippen molar-refractivity contribution in [3.63, 3.8) is 0 Å². The van der Waals surface area contributed by atoms with Crippen LogP contribution in [0.3, 0.4) is 0 Å². The van der Waals surface area contributed by atoms with Gasteiger partial charge >= 0.3 is 0 Å². The number of rotatable bonds is 2. The lowest BCUT2D eigenvalue weighted by molar-refractivity contribution is 0.740. The van der Waals surface area contributed by atoms with Gasteiger partial charge in [-0.2, -0.15) is 5.10 Å². The molecule has 0 aliphatic rings. The van der Waals surface area contributed by atoms with Gasteiger partial charge in [-0.3, -0.25) is 4.68 Å². The molecule has 2 rings (SSSR count). The number of nitrogens with two attached hydrogens (primary N) is 1. The van der Waals surface area contributed by atoms with E-state index in [0.29, 0.717) is 11.6 Å². The number of aromatic nitrogens is 4. The van der Waals surface area contributed by atoms with Gasteiger partial charge in [-0.1, -0.05) is 13.8 Å². The minimum Gasteiger partial charge on any atom is -0.383 e. The quantitative estimate of drug-likeness (QED) is 0.926. The van der Waals surface area contributed by atoms with E-state index in [-0.39, 0.29) is 5.92 Å².